The highest BCUT2D eigenvalue weighted by atomic mass is 15.3. The number of nitrogens with one attached hydrogen (secondary N) is 1. The summed E-state index contributed by atoms with van der Waals surface area (Å²) in [5.74, 6) is 0. The molecule has 0 aromatic heterocycles. The average molecular weight is 148 g/mol. The van der Waals surface area contributed by atoms with E-state index in [-0.39, 0.29) is 0 Å². The molecule has 0 saturated heterocycles. The molecular weight excluding hydrogens is 136 g/mol. The molecule has 0 radical (unpaired) electrons. The van der Waals surface area contributed by atoms with E-state index in [1.807, 2.05) is 18.2 Å². The Hall–Kier alpha value is -1.31. The van der Waals surface area contributed by atoms with Gasteiger partial charge >= 0.3 is 0 Å². The SMILES string of the molecule is C=NNCCc1ccccc1. The normalized spacial score (nSPS) is 9.09. The lowest BCUT2D eigenvalue weighted by molar-refractivity contribution is 0.736. The number of hydrogen-bond donors (Lipinski definition) is 1. The maximum Gasteiger partial charge on any atom is 0.0369 e. The largest absolute Gasteiger partial charge is 0.310 e. The summed E-state index contributed by atoms with van der Waals surface area (Å²) in [6.07, 6.45) is 1.000. The maximum atomic E-state index is 3.55. The van der Waals surface area contributed by atoms with Crippen LogP contribution in [0.1, 0.15) is 5.56 Å². The molecule has 1 aromatic carbocycles. The number of hydrogen-bond acceptors (Lipinski definition) is 2. The summed E-state index contributed by atoms with van der Waals surface area (Å²) in [5.41, 5.74) is 4.13. The molecule has 0 aliphatic heterocycles. The second kappa shape index (κ2) is 4.50. The van der Waals surface area contributed by atoms with Gasteiger partial charge in [-0.25, -0.2) is 0 Å². The van der Waals surface area contributed by atoms with Crippen LogP contribution < -0.4 is 5.43 Å². The third-order valence-corrected chi connectivity index (χ3v) is 1.48. The molecule has 11 heavy (non-hydrogen) atoms. The number of benzene rings is 1. The maximum absolute atomic E-state index is 3.55. The van der Waals surface area contributed by atoms with Gasteiger partial charge in [-0.1, -0.05) is 30.3 Å². The van der Waals surface area contributed by atoms with E-state index >= 15 is 0 Å². The van der Waals surface area contributed by atoms with Crippen LogP contribution in [0.25, 0.3) is 0 Å². The van der Waals surface area contributed by atoms with Crippen LogP contribution in [0.3, 0.4) is 0 Å². The molecule has 1 N–H and O–H groups in total. The lowest BCUT2D eigenvalue weighted by atomic mass is 10.2. The molecule has 0 heterocycles. The van der Waals surface area contributed by atoms with Gasteiger partial charge in [0.05, 0.1) is 0 Å². The van der Waals surface area contributed by atoms with Gasteiger partial charge in [0.2, 0.25) is 0 Å². The minimum Gasteiger partial charge on any atom is -0.310 e. The van der Waals surface area contributed by atoms with Crippen molar-refractivity contribution in [2.75, 3.05) is 6.54 Å². The zero-order valence-electron chi connectivity index (χ0n) is 6.46. The van der Waals surface area contributed by atoms with Crippen molar-refractivity contribution in [2.45, 2.75) is 6.42 Å². The molecule has 58 valence electrons. The summed E-state index contributed by atoms with van der Waals surface area (Å²) < 4.78 is 0. The average Bonchev–Trinajstić information content (AvgIpc) is 2.07. The van der Waals surface area contributed by atoms with Crippen LogP contribution >= 0.6 is 0 Å². The van der Waals surface area contributed by atoms with Crippen molar-refractivity contribution in [1.82, 2.24) is 5.43 Å². The Bertz CT molecular complexity index is 206. The first-order valence-corrected chi connectivity index (χ1v) is 3.66. The van der Waals surface area contributed by atoms with Crippen LogP contribution in [0.4, 0.5) is 0 Å². The fourth-order valence-electron chi connectivity index (χ4n) is 0.924. The zero-order valence-corrected chi connectivity index (χ0v) is 6.46. The topological polar surface area (TPSA) is 24.4 Å². The van der Waals surface area contributed by atoms with Crippen molar-refractivity contribution < 1.29 is 0 Å². The second-order valence-corrected chi connectivity index (χ2v) is 2.30. The van der Waals surface area contributed by atoms with E-state index in [9.17, 15) is 0 Å². The number of rotatable bonds is 4. The molecule has 0 atom stereocenters. The predicted octanol–water partition coefficient (Wildman–Crippen LogP) is 1.43. The lowest BCUT2D eigenvalue weighted by Gasteiger charge is -1.98. The van der Waals surface area contributed by atoms with E-state index in [0.717, 1.165) is 13.0 Å². The van der Waals surface area contributed by atoms with E-state index in [0.29, 0.717) is 0 Å². The Kier molecular flexibility index (Phi) is 3.19. The van der Waals surface area contributed by atoms with Crippen LogP contribution in [0, 0.1) is 0 Å². The van der Waals surface area contributed by atoms with Gasteiger partial charge in [0, 0.05) is 13.3 Å². The summed E-state index contributed by atoms with van der Waals surface area (Å²) in [5, 5.41) is 3.55. The Labute approximate surface area is 66.9 Å². The molecule has 2 heteroatoms. The molecule has 0 aliphatic carbocycles. The highest BCUT2D eigenvalue weighted by molar-refractivity contribution is 5.22. The first kappa shape index (κ1) is 7.79. The van der Waals surface area contributed by atoms with Crippen LogP contribution in [-0.4, -0.2) is 13.3 Å². The van der Waals surface area contributed by atoms with E-state index < -0.39 is 0 Å². The van der Waals surface area contributed by atoms with Crippen molar-refractivity contribution in [1.29, 1.82) is 0 Å². The Morgan fingerprint density at radius 1 is 1.27 bits per heavy atom. The van der Waals surface area contributed by atoms with Crippen molar-refractivity contribution in [3.05, 3.63) is 35.9 Å². The van der Waals surface area contributed by atoms with Gasteiger partial charge in [-0.05, 0) is 12.0 Å². The first-order valence-electron chi connectivity index (χ1n) is 3.66. The van der Waals surface area contributed by atoms with Crippen molar-refractivity contribution in [3.8, 4) is 0 Å². The van der Waals surface area contributed by atoms with E-state index in [1.54, 1.807) is 0 Å². The Morgan fingerprint density at radius 2 is 2.00 bits per heavy atom. The highest BCUT2D eigenvalue weighted by Crippen LogP contribution is 1.97. The van der Waals surface area contributed by atoms with Gasteiger partial charge in [-0.3, -0.25) is 0 Å². The Balaban J connectivity index is 2.33. The minimum atomic E-state index is 0.855. The molecule has 2 nitrogen and oxygen atoms in total. The quantitative estimate of drug-likeness (QED) is 0.390. The monoisotopic (exact) mass is 148 g/mol. The highest BCUT2D eigenvalue weighted by Gasteiger charge is 1.87. The molecule has 0 aliphatic rings. The summed E-state index contributed by atoms with van der Waals surface area (Å²) in [4.78, 5) is 0. The second-order valence-electron chi connectivity index (χ2n) is 2.30. The van der Waals surface area contributed by atoms with Crippen LogP contribution in [0.15, 0.2) is 35.4 Å². The standard InChI is InChI=1S/C9H12N2/c1-10-11-8-7-9-5-3-2-4-6-9/h2-6,11H,1,7-8H2. The molecule has 0 bridgehead atoms. The van der Waals surface area contributed by atoms with Crippen LogP contribution in [0.2, 0.25) is 0 Å². The minimum absolute atomic E-state index is 0.855. The van der Waals surface area contributed by atoms with Crippen molar-refractivity contribution >= 4 is 6.72 Å². The molecule has 0 amide bonds. The third-order valence-electron chi connectivity index (χ3n) is 1.48. The predicted molar refractivity (Wildman–Crippen MR) is 47.7 cm³/mol. The lowest BCUT2D eigenvalue weighted by Crippen LogP contribution is -2.08. The molecular formula is C9H12N2. The van der Waals surface area contributed by atoms with Gasteiger partial charge < -0.3 is 5.43 Å². The van der Waals surface area contributed by atoms with Gasteiger partial charge in [0.15, 0.2) is 0 Å². The van der Waals surface area contributed by atoms with Crippen molar-refractivity contribution in [2.24, 2.45) is 5.10 Å². The summed E-state index contributed by atoms with van der Waals surface area (Å²) in [6, 6.07) is 10.3. The first-order chi connectivity index (χ1) is 5.43. The molecule has 1 rings (SSSR count). The fourth-order valence-corrected chi connectivity index (χ4v) is 0.924. The smallest absolute Gasteiger partial charge is 0.0369 e. The molecule has 0 saturated carbocycles. The van der Waals surface area contributed by atoms with Gasteiger partial charge in [0.25, 0.3) is 0 Å². The van der Waals surface area contributed by atoms with E-state index in [4.69, 9.17) is 0 Å². The number of hydrazone groups is 1. The van der Waals surface area contributed by atoms with Crippen LogP contribution in [-0.2, 0) is 6.42 Å². The molecule has 0 fully saturated rings. The van der Waals surface area contributed by atoms with E-state index in [2.05, 4.69) is 29.4 Å². The summed E-state index contributed by atoms with van der Waals surface area (Å²) >= 11 is 0. The van der Waals surface area contributed by atoms with Gasteiger partial charge in [-0.15, -0.1) is 0 Å². The van der Waals surface area contributed by atoms with Crippen molar-refractivity contribution in [3.63, 3.8) is 0 Å². The molecule has 1 aromatic rings. The summed E-state index contributed by atoms with van der Waals surface area (Å²) in [6.45, 7) is 4.19. The van der Waals surface area contributed by atoms with Gasteiger partial charge in [-0.2, -0.15) is 5.10 Å². The van der Waals surface area contributed by atoms with E-state index in [1.165, 1.54) is 5.56 Å². The molecule has 0 spiro atoms. The third kappa shape index (κ3) is 2.85. The summed E-state index contributed by atoms with van der Waals surface area (Å²) in [7, 11) is 0. The zero-order chi connectivity index (χ0) is 7.94. The fraction of sp³-hybridized carbons (Fsp3) is 0.222. The number of nitrogens with zero attached hydrogens (tertiary/aromatic N) is 1. The van der Waals surface area contributed by atoms with Gasteiger partial charge in [0.1, 0.15) is 0 Å². The Morgan fingerprint density at radius 3 is 2.64 bits per heavy atom. The molecule has 0 unspecified atom stereocenters. The van der Waals surface area contributed by atoms with Crippen LogP contribution in [0.5, 0.6) is 0 Å².